The molecule has 3 nitrogen and oxygen atoms in total. The standard InChI is InChI=1S/C12H17NO2/c1-3-10(13-2)6-9-4-5-11-12(7-9)15-8-14-11/h4-5,7,10,13H,3,6,8H2,1-2H3/i2D. The van der Waals surface area contributed by atoms with Gasteiger partial charge in [0, 0.05) is 7.41 Å². The Morgan fingerprint density at radius 2 is 2.33 bits per heavy atom. The molecule has 1 aromatic carbocycles. The number of nitrogens with one attached hydrogen (secondary N) is 1. The molecule has 1 N–H and O–H groups in total. The van der Waals surface area contributed by atoms with Gasteiger partial charge >= 0.3 is 0 Å². The van der Waals surface area contributed by atoms with E-state index in [1.54, 1.807) is 0 Å². The van der Waals surface area contributed by atoms with Gasteiger partial charge < -0.3 is 14.8 Å². The van der Waals surface area contributed by atoms with Crippen molar-refractivity contribution in [2.45, 2.75) is 25.8 Å². The summed E-state index contributed by atoms with van der Waals surface area (Å²) in [6.45, 7) is 2.45. The molecule has 0 bridgehead atoms. The molecule has 1 aliphatic heterocycles. The largest absolute Gasteiger partial charge is 0.454 e. The van der Waals surface area contributed by atoms with Crippen LogP contribution < -0.4 is 14.8 Å². The fourth-order valence-corrected chi connectivity index (χ4v) is 1.71. The maximum atomic E-state index is 7.17. The van der Waals surface area contributed by atoms with Gasteiger partial charge in [-0.2, -0.15) is 0 Å². The Morgan fingerprint density at radius 1 is 1.47 bits per heavy atom. The summed E-state index contributed by atoms with van der Waals surface area (Å²) in [5.41, 5.74) is 1.22. The fraction of sp³-hybridized carbons (Fsp3) is 0.500. The van der Waals surface area contributed by atoms with Crippen molar-refractivity contribution in [3.05, 3.63) is 23.8 Å². The first-order valence-electron chi connectivity index (χ1n) is 5.95. The Morgan fingerprint density at radius 3 is 3.13 bits per heavy atom. The third-order valence-electron chi connectivity index (χ3n) is 2.70. The lowest BCUT2D eigenvalue weighted by atomic mass is 10.0. The summed E-state index contributed by atoms with van der Waals surface area (Å²) in [4.78, 5) is 0. The van der Waals surface area contributed by atoms with Crippen LogP contribution in [0.1, 0.15) is 20.3 Å². The minimum atomic E-state index is 0.267. The van der Waals surface area contributed by atoms with Gasteiger partial charge in [0.2, 0.25) is 6.79 Å². The first-order chi connectivity index (χ1) is 7.83. The second-order valence-corrected chi connectivity index (χ2v) is 3.70. The summed E-state index contributed by atoms with van der Waals surface area (Å²) >= 11 is 0. The number of rotatable bonds is 4. The quantitative estimate of drug-likeness (QED) is 0.820. The summed E-state index contributed by atoms with van der Waals surface area (Å²) in [6, 6.07) is 6.39. The average Bonchev–Trinajstić information content (AvgIpc) is 2.75. The van der Waals surface area contributed by atoms with Crippen LogP contribution in [0, 0.1) is 0 Å². The number of hydrogen-bond donors (Lipinski definition) is 1. The highest BCUT2D eigenvalue weighted by molar-refractivity contribution is 5.44. The van der Waals surface area contributed by atoms with E-state index in [0.717, 1.165) is 24.3 Å². The Kier molecular flexibility index (Phi) is 2.73. The number of fused-ring (bicyclic) bond motifs is 1. The van der Waals surface area contributed by atoms with Crippen LogP contribution in [0.5, 0.6) is 11.5 Å². The topological polar surface area (TPSA) is 30.5 Å². The molecule has 0 saturated carbocycles. The zero-order chi connectivity index (χ0) is 11.4. The summed E-state index contributed by atoms with van der Waals surface area (Å²) in [5.74, 6) is 1.66. The van der Waals surface area contributed by atoms with Crippen LogP contribution >= 0.6 is 0 Å². The molecule has 3 heteroatoms. The maximum Gasteiger partial charge on any atom is 0.231 e. The van der Waals surface area contributed by atoms with Crippen molar-refractivity contribution in [1.82, 2.24) is 5.32 Å². The van der Waals surface area contributed by atoms with Crippen LogP contribution in [0.4, 0.5) is 0 Å². The first kappa shape index (κ1) is 9.04. The molecule has 0 radical (unpaired) electrons. The molecule has 1 atom stereocenters. The minimum Gasteiger partial charge on any atom is -0.454 e. The highest BCUT2D eigenvalue weighted by Crippen LogP contribution is 2.32. The smallest absolute Gasteiger partial charge is 0.231 e. The predicted molar refractivity (Wildman–Crippen MR) is 59.4 cm³/mol. The van der Waals surface area contributed by atoms with Crippen LogP contribution in [-0.4, -0.2) is 19.9 Å². The molecule has 0 amide bonds. The summed E-state index contributed by atoms with van der Waals surface area (Å²) in [6.07, 6.45) is 1.94. The van der Waals surface area contributed by atoms with E-state index in [1.165, 1.54) is 5.56 Å². The maximum absolute atomic E-state index is 7.17. The van der Waals surface area contributed by atoms with Gasteiger partial charge in [0.15, 0.2) is 11.5 Å². The Hall–Kier alpha value is -1.22. The summed E-state index contributed by atoms with van der Waals surface area (Å²) in [5, 5.41) is 3.14. The third kappa shape index (κ3) is 2.23. The van der Waals surface area contributed by atoms with Crippen molar-refractivity contribution >= 4 is 0 Å². The molecule has 2 rings (SSSR count). The molecule has 0 spiro atoms. The van der Waals surface area contributed by atoms with E-state index in [9.17, 15) is 0 Å². The molecule has 15 heavy (non-hydrogen) atoms. The van der Waals surface area contributed by atoms with Gasteiger partial charge in [0.25, 0.3) is 0 Å². The monoisotopic (exact) mass is 208 g/mol. The van der Waals surface area contributed by atoms with Crippen molar-refractivity contribution in [2.24, 2.45) is 0 Å². The van der Waals surface area contributed by atoms with Crippen LogP contribution in [0.25, 0.3) is 0 Å². The number of likely N-dealkylation sites (N-methyl/N-ethyl adjacent to an activating group) is 1. The van der Waals surface area contributed by atoms with E-state index in [2.05, 4.69) is 18.3 Å². The highest BCUT2D eigenvalue weighted by atomic mass is 16.7. The van der Waals surface area contributed by atoms with Crippen molar-refractivity contribution in [1.29, 1.82) is 0 Å². The Balaban J connectivity index is 2.04. The van der Waals surface area contributed by atoms with Gasteiger partial charge in [-0.3, -0.25) is 0 Å². The fourth-order valence-electron chi connectivity index (χ4n) is 1.71. The third-order valence-corrected chi connectivity index (χ3v) is 2.70. The number of hydrogen-bond acceptors (Lipinski definition) is 3. The Labute approximate surface area is 91.8 Å². The van der Waals surface area contributed by atoms with Gasteiger partial charge in [-0.1, -0.05) is 13.0 Å². The van der Waals surface area contributed by atoms with Gasteiger partial charge in [0.1, 0.15) is 0 Å². The van der Waals surface area contributed by atoms with Gasteiger partial charge in [-0.25, -0.2) is 0 Å². The van der Waals surface area contributed by atoms with Crippen molar-refractivity contribution < 1.29 is 10.8 Å². The highest BCUT2D eigenvalue weighted by Gasteiger charge is 2.14. The van der Waals surface area contributed by atoms with E-state index in [1.807, 2.05) is 12.1 Å². The lowest BCUT2D eigenvalue weighted by molar-refractivity contribution is 0.174. The van der Waals surface area contributed by atoms with E-state index < -0.39 is 0 Å². The molecule has 1 aromatic rings. The lowest BCUT2D eigenvalue weighted by Gasteiger charge is -2.13. The minimum absolute atomic E-state index is 0.267. The molecule has 0 aliphatic carbocycles. The zero-order valence-corrected chi connectivity index (χ0v) is 8.95. The normalized spacial score (nSPS) is 16.2. The second-order valence-electron chi connectivity index (χ2n) is 3.70. The predicted octanol–water partition coefficient (Wildman–Crippen LogP) is 1.96. The first-order valence-corrected chi connectivity index (χ1v) is 5.24. The van der Waals surface area contributed by atoms with Crippen LogP contribution in [0.3, 0.4) is 0 Å². The van der Waals surface area contributed by atoms with Crippen LogP contribution in [0.2, 0.25) is 0 Å². The van der Waals surface area contributed by atoms with Gasteiger partial charge in [-0.15, -0.1) is 0 Å². The van der Waals surface area contributed by atoms with Crippen molar-refractivity contribution in [3.8, 4) is 11.5 Å². The van der Waals surface area contributed by atoms with Crippen molar-refractivity contribution in [3.63, 3.8) is 0 Å². The molecule has 82 valence electrons. The second kappa shape index (κ2) is 4.53. The SMILES string of the molecule is [2H]CNC(CC)Cc1ccc2c(c1)OCO2. The van der Waals surface area contributed by atoms with E-state index in [-0.39, 0.29) is 7.02 Å². The molecule has 0 aromatic heterocycles. The van der Waals surface area contributed by atoms with Crippen LogP contribution in [-0.2, 0) is 6.42 Å². The molecular weight excluding hydrogens is 190 g/mol. The molecule has 1 heterocycles. The van der Waals surface area contributed by atoms with E-state index >= 15 is 0 Å². The van der Waals surface area contributed by atoms with E-state index in [0.29, 0.717) is 12.8 Å². The average molecular weight is 208 g/mol. The number of benzene rings is 1. The molecule has 0 fully saturated rings. The lowest BCUT2D eigenvalue weighted by Crippen LogP contribution is -2.26. The molecule has 1 unspecified atom stereocenters. The summed E-state index contributed by atoms with van der Waals surface area (Å²) < 4.78 is 17.8. The van der Waals surface area contributed by atoms with Gasteiger partial charge in [0.05, 0.1) is 0 Å². The van der Waals surface area contributed by atoms with Crippen LogP contribution in [0.15, 0.2) is 18.2 Å². The molecule has 0 saturated heterocycles. The van der Waals surface area contributed by atoms with E-state index in [4.69, 9.17) is 10.8 Å². The number of ether oxygens (including phenoxy) is 2. The Bertz CT molecular complexity index is 357. The molecule has 1 aliphatic rings. The molecular formula is C12H17NO2. The van der Waals surface area contributed by atoms with Gasteiger partial charge in [-0.05, 0) is 37.6 Å². The van der Waals surface area contributed by atoms with Crippen molar-refractivity contribution in [2.75, 3.05) is 13.8 Å². The zero-order valence-electron chi connectivity index (χ0n) is 9.95. The summed E-state index contributed by atoms with van der Waals surface area (Å²) in [7, 11) is 0.267.